The lowest BCUT2D eigenvalue weighted by Crippen LogP contribution is -2.70. The fourth-order valence-corrected chi connectivity index (χ4v) is 15.3. The van der Waals surface area contributed by atoms with Crippen LogP contribution in [0, 0.1) is 28.6 Å². The number of ketones is 2. The van der Waals surface area contributed by atoms with Crippen LogP contribution in [0.2, 0.25) is 0 Å². The quantitative estimate of drug-likeness (QED) is 0.0478. The van der Waals surface area contributed by atoms with Crippen LogP contribution in [0.15, 0.2) is 72.3 Å². The zero-order chi connectivity index (χ0) is 49.0. The molecule has 5 fully saturated rings. The van der Waals surface area contributed by atoms with Gasteiger partial charge in [-0.15, -0.1) is 0 Å². The summed E-state index contributed by atoms with van der Waals surface area (Å²) in [7, 11) is -5.97. The number of hydrogen-bond donors (Lipinski definition) is 4. The molecule has 8 rings (SSSR count). The van der Waals surface area contributed by atoms with Crippen molar-refractivity contribution in [3.63, 3.8) is 0 Å². The van der Waals surface area contributed by atoms with Crippen LogP contribution in [0.25, 0.3) is 0 Å². The monoisotopic (exact) mass is 995 g/mol. The Morgan fingerprint density at radius 1 is 1.01 bits per heavy atom. The Bertz CT molecular complexity index is 2220. The average molecular weight is 996 g/mol. The van der Waals surface area contributed by atoms with Gasteiger partial charge in [-0.1, -0.05) is 87.1 Å². The third-order valence-electron chi connectivity index (χ3n) is 16.9. The number of benzene rings is 2. The zero-order valence-electron chi connectivity index (χ0n) is 40.8. The summed E-state index contributed by atoms with van der Waals surface area (Å²) in [6.07, 6.45) is 16.4. The van der Waals surface area contributed by atoms with Crippen molar-refractivity contribution in [1.82, 2.24) is 5.32 Å². The minimum Gasteiger partial charge on any atom is -0.746 e. The minimum absolute atomic E-state index is 0.0256. The van der Waals surface area contributed by atoms with Gasteiger partial charge in [-0.2, -0.15) is 0 Å². The molecule has 15 heteroatoms. The van der Waals surface area contributed by atoms with Crippen LogP contribution < -0.4 is 14.7 Å². The lowest BCUT2D eigenvalue weighted by Gasteiger charge is -2.62. The number of Topliss-reactive ketones (excluding diaryl/α,β-unsaturated/α-hetero) is 1. The number of ether oxygens (including phenoxy) is 3. The molecule has 4 N–H and O–H groups in total. The Balaban J connectivity index is 0.898. The first-order valence-electron chi connectivity index (χ1n) is 25.6. The van der Waals surface area contributed by atoms with E-state index in [0.29, 0.717) is 42.5 Å². The number of alkyl halides is 1. The zero-order valence-corrected chi connectivity index (χ0v) is 42.5. The number of unbranched alkanes of at least 4 members (excludes halogenated alkanes) is 4. The number of carbonyl (C=O) groups excluding carboxylic acids is 2. The standard InChI is InChI=1S/C54H75FNO11PS/c1-51-26-25-42(57)31-41(51)22-23-43-44-32-49-54(52(44,2)33-47(59)53(43,51)55,66-50(65-49)38-19-10-7-11-20-38)48(60)36-69(3)35-40-30-39(21-24-46(40)67-68(61,62)63)45(58)34-56-27-13-4-5-14-28-64-29-15-12-18-37-16-8-6-9-17-37/h6,8-9,16-17,21,24-26,30-31,38,43-45,47,49-50,56,58-59H,4-5,7,10-15,18-20,22-23,27-29,32-36H2,1-3H3,(H-,61,62,63)/t43-,44-,45?,47-,49+,50+,51-,52-,53-,54+,69?/m0/s1. The summed E-state index contributed by atoms with van der Waals surface area (Å²) in [6.45, 7) is 6.28. The Labute approximate surface area is 411 Å². The van der Waals surface area contributed by atoms with Gasteiger partial charge in [-0.25, -0.2) is 4.39 Å². The number of fused-ring (bicyclic) bond motifs is 7. The van der Waals surface area contributed by atoms with Gasteiger partial charge in [-0.05, 0) is 136 Å². The predicted molar refractivity (Wildman–Crippen MR) is 263 cm³/mol. The van der Waals surface area contributed by atoms with Crippen LogP contribution in [0.3, 0.4) is 0 Å². The van der Waals surface area contributed by atoms with Gasteiger partial charge in [0.1, 0.15) is 11.5 Å². The number of hydrogen-bond acceptors (Lipinski definition) is 11. The summed E-state index contributed by atoms with van der Waals surface area (Å²) in [4.78, 5) is 49.6. The Morgan fingerprint density at radius 2 is 1.75 bits per heavy atom. The second-order valence-electron chi connectivity index (χ2n) is 21.4. The highest BCUT2D eigenvalue weighted by atomic mass is 32.2. The van der Waals surface area contributed by atoms with E-state index in [1.165, 1.54) is 23.8 Å². The van der Waals surface area contributed by atoms with Crippen molar-refractivity contribution in [2.45, 2.75) is 158 Å². The highest BCUT2D eigenvalue weighted by Gasteiger charge is 2.80. The van der Waals surface area contributed by atoms with Gasteiger partial charge in [0.05, 0.1) is 24.6 Å². The van der Waals surface area contributed by atoms with E-state index in [1.807, 2.05) is 19.2 Å². The first-order chi connectivity index (χ1) is 33.0. The highest BCUT2D eigenvalue weighted by Crippen LogP contribution is 2.72. The van der Waals surface area contributed by atoms with E-state index in [-0.39, 0.29) is 53.6 Å². The number of rotatable bonds is 23. The lowest BCUT2D eigenvalue weighted by atomic mass is 9.44. The molecule has 1 saturated heterocycles. The summed E-state index contributed by atoms with van der Waals surface area (Å²) in [5, 5.41) is 26.8. The van der Waals surface area contributed by atoms with Gasteiger partial charge in [0, 0.05) is 48.0 Å². The smallest absolute Gasteiger partial charge is 0.317 e. The van der Waals surface area contributed by atoms with Gasteiger partial charge < -0.3 is 44.1 Å². The molecule has 0 amide bonds. The van der Waals surface area contributed by atoms with E-state index < -0.39 is 71.3 Å². The summed E-state index contributed by atoms with van der Waals surface area (Å²) in [5.41, 5.74) is -2.71. The number of phosphoric ester groups is 1. The van der Waals surface area contributed by atoms with E-state index in [0.717, 1.165) is 90.3 Å². The van der Waals surface area contributed by atoms with E-state index >= 15 is 9.18 Å². The molecule has 3 unspecified atom stereocenters. The molecule has 12 atom stereocenters. The second kappa shape index (κ2) is 22.2. The van der Waals surface area contributed by atoms with Gasteiger partial charge in [0.25, 0.3) is 0 Å². The maximum absolute atomic E-state index is 18.1. The first kappa shape index (κ1) is 52.6. The van der Waals surface area contributed by atoms with Crippen LogP contribution in [0.4, 0.5) is 4.39 Å². The molecule has 0 bridgehead atoms. The third kappa shape index (κ3) is 11.0. The predicted octanol–water partition coefficient (Wildman–Crippen LogP) is 8.11. The topological polar surface area (TPSA) is 184 Å². The molecule has 1 aliphatic heterocycles. The maximum Gasteiger partial charge on any atom is 0.317 e. The minimum atomic E-state index is -5.21. The second-order valence-corrected chi connectivity index (χ2v) is 24.6. The fourth-order valence-electron chi connectivity index (χ4n) is 13.3. The first-order valence-corrected chi connectivity index (χ1v) is 29.1. The molecule has 1 heterocycles. The Morgan fingerprint density at radius 3 is 2.51 bits per heavy atom. The molecule has 2 aromatic rings. The van der Waals surface area contributed by atoms with Crippen molar-refractivity contribution in [3.05, 3.63) is 89.0 Å². The number of carbonyl (C=O) groups is 2. The molecule has 6 aliphatic rings. The molecule has 69 heavy (non-hydrogen) atoms. The number of aryl methyl sites for hydroxylation is 1. The average Bonchev–Trinajstić information content (AvgIpc) is 3.82. The van der Waals surface area contributed by atoms with Crippen LogP contribution in [0.1, 0.15) is 133 Å². The van der Waals surface area contributed by atoms with E-state index in [1.54, 1.807) is 25.1 Å². The van der Waals surface area contributed by atoms with Crippen molar-refractivity contribution >= 4 is 30.3 Å². The van der Waals surface area contributed by atoms with Crippen molar-refractivity contribution < 1.29 is 57.3 Å². The van der Waals surface area contributed by atoms with Gasteiger partial charge in [0.15, 0.2) is 29.1 Å². The van der Waals surface area contributed by atoms with Crippen molar-refractivity contribution in [2.75, 3.05) is 38.3 Å². The molecule has 0 aromatic heterocycles. The Kier molecular flexibility index (Phi) is 16.9. The van der Waals surface area contributed by atoms with Crippen LogP contribution in [0.5, 0.6) is 5.75 Å². The molecule has 0 radical (unpaired) electrons. The molecule has 2 aromatic carbocycles. The van der Waals surface area contributed by atoms with Crippen molar-refractivity contribution in [3.8, 4) is 5.75 Å². The number of phosphoric acid groups is 1. The van der Waals surface area contributed by atoms with Gasteiger partial charge in [-0.3, -0.25) is 14.2 Å². The van der Waals surface area contributed by atoms with E-state index in [4.69, 9.17) is 18.7 Å². The summed E-state index contributed by atoms with van der Waals surface area (Å²) >= 11 is 0. The number of halogens is 1. The van der Waals surface area contributed by atoms with Gasteiger partial charge in [0.2, 0.25) is 5.78 Å². The fraction of sp³-hybridized carbons (Fsp3) is 0.667. The van der Waals surface area contributed by atoms with E-state index in [2.05, 4.69) is 29.6 Å². The van der Waals surface area contributed by atoms with Crippen molar-refractivity contribution in [2.24, 2.45) is 28.6 Å². The highest BCUT2D eigenvalue weighted by molar-refractivity contribution is 7.96. The summed E-state index contributed by atoms with van der Waals surface area (Å²) in [6, 6.07) is 15.2. The lowest BCUT2D eigenvalue weighted by molar-refractivity contribution is -0.234. The largest absolute Gasteiger partial charge is 0.746 e. The van der Waals surface area contributed by atoms with Crippen LogP contribution in [-0.2, 0) is 51.4 Å². The normalized spacial score (nSPS) is 33.7. The molecular weight excluding hydrogens is 921 g/mol. The molecule has 12 nitrogen and oxygen atoms in total. The van der Waals surface area contributed by atoms with Crippen LogP contribution in [-0.4, -0.2) is 94.8 Å². The number of aliphatic hydroxyl groups is 2. The summed E-state index contributed by atoms with van der Waals surface area (Å²) < 4.78 is 55.0. The SMILES string of the molecule is C[S+](CC(=O)[C@@]12O[C@H](C3CCCCC3)O[C@@H]1C[C@H]1[C@@H]3CCC4=CC(=O)C=C[C@]4(C)[C@@]3(F)[C@@H](O)C[C@@]12C)Cc1cc(C(O)CNCCCCCCOCCCCc2ccccc2)ccc1OP(=O)([O-])O. The molecule has 380 valence electrons. The molecular formula is C54H75FNO11PS. The molecule has 4 saturated carbocycles. The van der Waals surface area contributed by atoms with Crippen LogP contribution >= 0.6 is 7.82 Å². The molecule has 5 aliphatic carbocycles. The molecule has 0 spiro atoms. The number of aliphatic hydroxyl groups excluding tert-OH is 2. The van der Waals surface area contributed by atoms with Gasteiger partial charge >= 0.3 is 7.82 Å². The maximum atomic E-state index is 18.1. The third-order valence-corrected chi connectivity index (χ3v) is 18.9. The summed E-state index contributed by atoms with van der Waals surface area (Å²) in [5.74, 6) is -1.11. The Hall–Kier alpha value is -2.75. The number of nitrogens with one attached hydrogen (secondary N) is 1. The van der Waals surface area contributed by atoms with Crippen molar-refractivity contribution in [1.29, 1.82) is 0 Å². The number of allylic oxidation sites excluding steroid dienone is 4. The van der Waals surface area contributed by atoms with E-state index in [9.17, 15) is 29.4 Å².